The van der Waals surface area contributed by atoms with E-state index in [4.69, 9.17) is 10.5 Å². The summed E-state index contributed by atoms with van der Waals surface area (Å²) in [6.45, 7) is 1.93. The number of amides is 1. The van der Waals surface area contributed by atoms with Crippen LogP contribution in [0.3, 0.4) is 0 Å². The molecular weight excluding hydrogens is 546 g/mol. The maximum absolute atomic E-state index is 15.3. The quantitative estimate of drug-likeness (QED) is 0.332. The third-order valence-corrected chi connectivity index (χ3v) is 7.36. The number of nitrogens with zero attached hydrogens (tertiary/aromatic N) is 4. The highest BCUT2D eigenvalue weighted by Gasteiger charge is 2.45. The van der Waals surface area contributed by atoms with Crippen molar-refractivity contribution in [3.8, 4) is 0 Å². The summed E-state index contributed by atoms with van der Waals surface area (Å²) >= 11 is 3.31. The van der Waals surface area contributed by atoms with Gasteiger partial charge in [-0.3, -0.25) is 9.20 Å². The normalized spacial score (nSPS) is 21.7. The number of fused-ring (bicyclic) bond motifs is 6. The summed E-state index contributed by atoms with van der Waals surface area (Å²) in [4.78, 5) is 23.7. The van der Waals surface area contributed by atoms with Gasteiger partial charge in [-0.05, 0) is 52.2 Å². The average Bonchev–Trinajstić information content (AvgIpc) is 3.37. The molecule has 4 aromatic rings. The maximum atomic E-state index is 15.3. The van der Waals surface area contributed by atoms with Crippen LogP contribution in [0.4, 0.5) is 23.4 Å². The molecule has 0 radical (unpaired) electrons. The van der Waals surface area contributed by atoms with E-state index in [0.717, 1.165) is 18.2 Å². The average molecular weight is 564 g/mol. The Labute approximate surface area is 210 Å². The first kappa shape index (κ1) is 23.2. The van der Waals surface area contributed by atoms with Crippen LogP contribution in [0.1, 0.15) is 40.0 Å². The minimum absolute atomic E-state index is 0.149. The van der Waals surface area contributed by atoms with E-state index in [1.165, 1.54) is 23.4 Å². The molecule has 0 spiro atoms. The number of halogens is 5. The smallest absolute Gasteiger partial charge is 0.382 e. The van der Waals surface area contributed by atoms with E-state index in [-0.39, 0.29) is 36.0 Å². The van der Waals surface area contributed by atoms with Gasteiger partial charge in [0.05, 0.1) is 40.4 Å². The lowest BCUT2D eigenvalue weighted by atomic mass is 10.0. The minimum atomic E-state index is -4.48. The third kappa shape index (κ3) is 3.46. The lowest BCUT2D eigenvalue weighted by Crippen LogP contribution is -2.50. The molecule has 0 saturated carbocycles. The molecule has 2 aromatic heterocycles. The number of ether oxygens (including phenoxy) is 1. The van der Waals surface area contributed by atoms with Gasteiger partial charge in [-0.25, -0.2) is 14.4 Å². The molecule has 12 heteroatoms. The minimum Gasteiger partial charge on any atom is -0.382 e. The molecule has 2 N–H and O–H groups in total. The second-order valence-corrected chi connectivity index (χ2v) is 9.83. The Kier molecular flexibility index (Phi) is 5.07. The van der Waals surface area contributed by atoms with E-state index < -0.39 is 35.6 Å². The van der Waals surface area contributed by atoms with Crippen molar-refractivity contribution >= 4 is 44.2 Å². The van der Waals surface area contributed by atoms with E-state index in [2.05, 4.69) is 25.9 Å². The molecule has 1 aliphatic carbocycles. The van der Waals surface area contributed by atoms with Crippen molar-refractivity contribution in [3.05, 3.63) is 69.3 Å². The predicted octanol–water partition coefficient (Wildman–Crippen LogP) is 4.91. The highest BCUT2D eigenvalue weighted by Crippen LogP contribution is 2.44. The van der Waals surface area contributed by atoms with Gasteiger partial charge in [-0.15, -0.1) is 0 Å². The van der Waals surface area contributed by atoms with E-state index in [9.17, 15) is 18.0 Å². The number of hydrogen-bond acceptors (Lipinski definition) is 5. The van der Waals surface area contributed by atoms with Crippen LogP contribution < -0.4 is 5.73 Å². The Bertz CT molecular complexity index is 1570. The highest BCUT2D eigenvalue weighted by atomic mass is 79.9. The van der Waals surface area contributed by atoms with Crippen LogP contribution in [0.25, 0.3) is 16.6 Å². The number of nitrogen functional groups attached to an aromatic ring is 1. The molecule has 1 amide bonds. The van der Waals surface area contributed by atoms with E-state index >= 15 is 4.39 Å². The largest absolute Gasteiger partial charge is 0.416 e. The molecule has 2 aliphatic rings. The van der Waals surface area contributed by atoms with Gasteiger partial charge in [0.2, 0.25) is 0 Å². The predicted molar refractivity (Wildman–Crippen MR) is 126 cm³/mol. The zero-order valence-corrected chi connectivity index (χ0v) is 20.3. The number of carbonyl (C=O) groups is 1. The van der Waals surface area contributed by atoms with Crippen molar-refractivity contribution in [1.82, 2.24) is 19.3 Å². The topological polar surface area (TPSA) is 85.8 Å². The Morgan fingerprint density at radius 2 is 2.03 bits per heavy atom. The number of imidazole rings is 1. The van der Waals surface area contributed by atoms with Gasteiger partial charge in [0.15, 0.2) is 5.82 Å². The van der Waals surface area contributed by atoms with Crippen LogP contribution in [0.5, 0.6) is 0 Å². The van der Waals surface area contributed by atoms with E-state index in [0.29, 0.717) is 26.8 Å². The molecule has 2 aromatic carbocycles. The van der Waals surface area contributed by atoms with Gasteiger partial charge in [0, 0.05) is 19.0 Å². The summed E-state index contributed by atoms with van der Waals surface area (Å²) in [6, 6.07) is 5.41. The summed E-state index contributed by atoms with van der Waals surface area (Å²) in [5.41, 5.74) is 7.27. The first-order valence-corrected chi connectivity index (χ1v) is 11.9. The second-order valence-electron chi connectivity index (χ2n) is 9.07. The Hall–Kier alpha value is -3.25. The Balaban J connectivity index is 1.45. The van der Waals surface area contributed by atoms with Crippen molar-refractivity contribution in [2.75, 3.05) is 12.3 Å². The molecule has 3 heterocycles. The number of alkyl halides is 3. The van der Waals surface area contributed by atoms with Crippen LogP contribution in [-0.2, 0) is 17.3 Å². The second kappa shape index (κ2) is 7.87. The molecular formula is C24H18BrF4N5O2. The molecule has 0 unspecified atom stereocenters. The van der Waals surface area contributed by atoms with Gasteiger partial charge in [-0.2, -0.15) is 13.2 Å². The van der Waals surface area contributed by atoms with Crippen molar-refractivity contribution in [1.29, 1.82) is 0 Å². The fraction of sp³-hybridized carbons (Fsp3) is 0.292. The van der Waals surface area contributed by atoms with E-state index in [1.807, 2.05) is 0 Å². The number of rotatable bonds is 1. The first-order chi connectivity index (χ1) is 17.0. The molecule has 7 nitrogen and oxygen atoms in total. The number of aromatic nitrogens is 3. The van der Waals surface area contributed by atoms with Crippen LogP contribution in [-0.4, -0.2) is 43.9 Å². The fourth-order valence-electron chi connectivity index (χ4n) is 5.28. The molecule has 6 rings (SSSR count). The van der Waals surface area contributed by atoms with Gasteiger partial charge in [0.25, 0.3) is 5.91 Å². The lowest BCUT2D eigenvalue weighted by molar-refractivity contribution is -0.137. The van der Waals surface area contributed by atoms with Crippen LogP contribution in [0, 0.1) is 5.82 Å². The van der Waals surface area contributed by atoms with Crippen molar-refractivity contribution in [2.45, 2.75) is 37.8 Å². The molecule has 1 saturated heterocycles. The maximum Gasteiger partial charge on any atom is 0.416 e. The molecule has 1 fully saturated rings. The van der Waals surface area contributed by atoms with Crippen LogP contribution in [0.2, 0.25) is 0 Å². The van der Waals surface area contributed by atoms with Gasteiger partial charge < -0.3 is 15.4 Å². The standard InChI is InChI=1S/C24H18BrF4N5O2/c1-10-8-33(19-13-3-2-12(24(27,28)29)4-11(13)5-18(19)36-10)23(35)14-6-17-16(7-15(14)26)32-22(30)20-21(25)31-9-34(17)20/h2-4,6-7,9-10,18-19H,5,8H2,1H3,(H2,30,32)/t10-,18+,19-/m0/s1. The number of nitrogens with two attached hydrogens (primary N) is 1. The summed E-state index contributed by atoms with van der Waals surface area (Å²) in [7, 11) is 0. The summed E-state index contributed by atoms with van der Waals surface area (Å²) in [5, 5.41) is 0. The molecule has 1 aliphatic heterocycles. The Morgan fingerprint density at radius 1 is 1.25 bits per heavy atom. The highest BCUT2D eigenvalue weighted by molar-refractivity contribution is 9.10. The monoisotopic (exact) mass is 563 g/mol. The summed E-state index contributed by atoms with van der Waals surface area (Å²) in [5.74, 6) is -1.22. The molecule has 3 atom stereocenters. The van der Waals surface area contributed by atoms with E-state index in [1.54, 1.807) is 11.3 Å². The lowest BCUT2D eigenvalue weighted by Gasteiger charge is -2.41. The number of carbonyl (C=O) groups excluding carboxylic acids is 1. The number of hydrogen-bond donors (Lipinski definition) is 1. The molecule has 186 valence electrons. The number of morpholine rings is 1. The van der Waals surface area contributed by atoms with Gasteiger partial charge in [-0.1, -0.05) is 6.07 Å². The summed E-state index contributed by atoms with van der Waals surface area (Å²) < 4.78 is 63.1. The number of anilines is 1. The van der Waals surface area contributed by atoms with Crippen molar-refractivity contribution in [2.24, 2.45) is 0 Å². The fourth-order valence-corrected chi connectivity index (χ4v) is 5.77. The van der Waals surface area contributed by atoms with Crippen LogP contribution in [0.15, 0.2) is 41.3 Å². The van der Waals surface area contributed by atoms with Crippen LogP contribution >= 0.6 is 15.9 Å². The third-order valence-electron chi connectivity index (χ3n) is 6.78. The number of benzene rings is 2. The van der Waals surface area contributed by atoms with Gasteiger partial charge >= 0.3 is 6.18 Å². The Morgan fingerprint density at radius 3 is 2.78 bits per heavy atom. The zero-order valence-electron chi connectivity index (χ0n) is 18.7. The summed E-state index contributed by atoms with van der Waals surface area (Å²) in [6.07, 6.45) is -3.67. The van der Waals surface area contributed by atoms with Crippen molar-refractivity contribution in [3.63, 3.8) is 0 Å². The molecule has 0 bridgehead atoms. The SMILES string of the molecule is C[C@H]1CN(C(=O)c2cc3c(cc2F)nc(N)c2c(Br)ncn23)[C@H]2c3ccc(C(F)(F)F)cc3C[C@H]2O1. The van der Waals surface area contributed by atoms with Crippen molar-refractivity contribution < 1.29 is 27.1 Å². The molecule has 36 heavy (non-hydrogen) atoms. The van der Waals surface area contributed by atoms with Gasteiger partial charge in [0.1, 0.15) is 22.3 Å². The first-order valence-electron chi connectivity index (χ1n) is 11.1. The zero-order chi connectivity index (χ0) is 25.5.